The molecule has 4 rings (SSSR count). The van der Waals surface area contributed by atoms with Gasteiger partial charge >= 0.3 is 0 Å². The summed E-state index contributed by atoms with van der Waals surface area (Å²) >= 11 is 0. The zero-order valence-corrected chi connectivity index (χ0v) is 15.9. The van der Waals surface area contributed by atoms with E-state index in [2.05, 4.69) is 36.1 Å². The number of aryl methyl sites for hydroxylation is 1. The molecule has 2 saturated heterocycles. The SMILES string of the molecule is Cc1ccc(CC(=O)N2CCC3(CCC(=O)N(CC4CC4)C3)CC2)cc1. The Morgan fingerprint density at radius 1 is 1.12 bits per heavy atom. The minimum atomic E-state index is 0.241. The molecule has 0 N–H and O–H groups in total. The van der Waals surface area contributed by atoms with Gasteiger partial charge in [-0.1, -0.05) is 29.8 Å². The summed E-state index contributed by atoms with van der Waals surface area (Å²) in [6, 6.07) is 8.25. The summed E-state index contributed by atoms with van der Waals surface area (Å²) in [6.07, 6.45) is 6.87. The monoisotopic (exact) mass is 354 g/mol. The van der Waals surface area contributed by atoms with Gasteiger partial charge in [0.15, 0.2) is 0 Å². The first-order chi connectivity index (χ1) is 12.5. The van der Waals surface area contributed by atoms with Crippen LogP contribution in [0.3, 0.4) is 0 Å². The van der Waals surface area contributed by atoms with Crippen molar-refractivity contribution in [3.05, 3.63) is 35.4 Å². The van der Waals surface area contributed by atoms with Gasteiger partial charge in [-0.05, 0) is 55.9 Å². The van der Waals surface area contributed by atoms with Crippen LogP contribution < -0.4 is 0 Å². The average molecular weight is 354 g/mol. The highest BCUT2D eigenvalue weighted by Gasteiger charge is 2.42. The molecule has 0 atom stereocenters. The van der Waals surface area contributed by atoms with Crippen molar-refractivity contribution in [2.45, 2.75) is 51.9 Å². The molecule has 0 unspecified atom stereocenters. The van der Waals surface area contributed by atoms with Crippen LogP contribution in [0.4, 0.5) is 0 Å². The average Bonchev–Trinajstić information content (AvgIpc) is 3.45. The molecule has 0 radical (unpaired) electrons. The predicted molar refractivity (Wildman–Crippen MR) is 102 cm³/mol. The molecule has 3 fully saturated rings. The van der Waals surface area contributed by atoms with E-state index in [4.69, 9.17) is 0 Å². The van der Waals surface area contributed by atoms with Crippen molar-refractivity contribution >= 4 is 11.8 Å². The molecule has 3 aliphatic rings. The maximum Gasteiger partial charge on any atom is 0.226 e. The second-order valence-electron chi connectivity index (χ2n) is 8.76. The van der Waals surface area contributed by atoms with E-state index in [1.165, 1.54) is 18.4 Å². The highest BCUT2D eigenvalue weighted by Crippen LogP contribution is 2.41. The first-order valence-electron chi connectivity index (χ1n) is 10.1. The number of hydrogen-bond acceptors (Lipinski definition) is 2. The summed E-state index contributed by atoms with van der Waals surface area (Å²) in [6.45, 7) is 5.64. The first kappa shape index (κ1) is 17.6. The largest absolute Gasteiger partial charge is 0.342 e. The van der Waals surface area contributed by atoms with Gasteiger partial charge in [0.25, 0.3) is 0 Å². The van der Waals surface area contributed by atoms with Crippen LogP contribution in [0, 0.1) is 18.3 Å². The smallest absolute Gasteiger partial charge is 0.226 e. The number of amides is 2. The Morgan fingerprint density at radius 2 is 1.81 bits per heavy atom. The van der Waals surface area contributed by atoms with Crippen molar-refractivity contribution in [1.29, 1.82) is 0 Å². The van der Waals surface area contributed by atoms with Gasteiger partial charge in [0.1, 0.15) is 0 Å². The number of rotatable bonds is 4. The molecule has 1 aromatic rings. The zero-order chi connectivity index (χ0) is 18.1. The molecule has 1 aliphatic carbocycles. The van der Waals surface area contributed by atoms with Crippen LogP contribution in [0.25, 0.3) is 0 Å². The Labute approximate surface area is 156 Å². The summed E-state index contributed by atoms with van der Waals surface area (Å²) in [5.74, 6) is 1.34. The van der Waals surface area contributed by atoms with Gasteiger partial charge in [-0.25, -0.2) is 0 Å². The van der Waals surface area contributed by atoms with E-state index in [9.17, 15) is 9.59 Å². The molecular formula is C22H30N2O2. The fourth-order valence-corrected chi connectivity index (χ4v) is 4.51. The molecule has 4 nitrogen and oxygen atoms in total. The van der Waals surface area contributed by atoms with Crippen LogP contribution in [0.5, 0.6) is 0 Å². The lowest BCUT2D eigenvalue weighted by Crippen LogP contribution is -2.52. The number of carbonyl (C=O) groups is 2. The quantitative estimate of drug-likeness (QED) is 0.833. The van der Waals surface area contributed by atoms with Crippen LogP contribution >= 0.6 is 0 Å². The van der Waals surface area contributed by atoms with Gasteiger partial charge in [0, 0.05) is 32.6 Å². The third kappa shape index (κ3) is 3.94. The van der Waals surface area contributed by atoms with Crippen molar-refractivity contribution in [2.24, 2.45) is 11.3 Å². The second-order valence-corrected chi connectivity index (χ2v) is 8.76. The van der Waals surface area contributed by atoms with Crippen molar-refractivity contribution in [3.63, 3.8) is 0 Å². The number of benzene rings is 1. The standard InChI is InChI=1S/C22H30N2O2/c1-17-2-4-18(5-3-17)14-21(26)23-12-10-22(11-13-23)9-8-20(25)24(16-22)15-19-6-7-19/h2-5,19H,6-16H2,1H3. The summed E-state index contributed by atoms with van der Waals surface area (Å²) in [5.41, 5.74) is 2.58. The van der Waals surface area contributed by atoms with E-state index < -0.39 is 0 Å². The van der Waals surface area contributed by atoms with Crippen molar-refractivity contribution in [2.75, 3.05) is 26.2 Å². The molecule has 2 aliphatic heterocycles. The Balaban J connectivity index is 1.32. The highest BCUT2D eigenvalue weighted by molar-refractivity contribution is 5.79. The van der Waals surface area contributed by atoms with Gasteiger partial charge in [-0.2, -0.15) is 0 Å². The Morgan fingerprint density at radius 3 is 2.46 bits per heavy atom. The fourth-order valence-electron chi connectivity index (χ4n) is 4.51. The minimum Gasteiger partial charge on any atom is -0.342 e. The molecular weight excluding hydrogens is 324 g/mol. The minimum absolute atomic E-state index is 0.241. The normalized spacial score (nSPS) is 22.7. The van der Waals surface area contributed by atoms with Crippen LogP contribution in [-0.2, 0) is 16.0 Å². The van der Waals surface area contributed by atoms with Gasteiger partial charge in [-0.15, -0.1) is 0 Å². The van der Waals surface area contributed by atoms with E-state index in [0.717, 1.165) is 56.9 Å². The number of hydrogen-bond donors (Lipinski definition) is 0. The Kier molecular flexibility index (Phi) is 4.76. The van der Waals surface area contributed by atoms with E-state index in [1.54, 1.807) is 0 Å². The maximum atomic E-state index is 12.7. The molecule has 2 amide bonds. The summed E-state index contributed by atoms with van der Waals surface area (Å²) < 4.78 is 0. The molecule has 0 bridgehead atoms. The summed E-state index contributed by atoms with van der Waals surface area (Å²) in [7, 11) is 0. The van der Waals surface area contributed by atoms with Gasteiger partial charge < -0.3 is 9.80 Å². The van der Waals surface area contributed by atoms with Crippen LogP contribution in [0.2, 0.25) is 0 Å². The molecule has 1 saturated carbocycles. The third-order valence-corrected chi connectivity index (χ3v) is 6.58. The molecule has 26 heavy (non-hydrogen) atoms. The lowest BCUT2D eigenvalue weighted by molar-refractivity contribution is -0.142. The molecule has 140 valence electrons. The topological polar surface area (TPSA) is 40.6 Å². The Bertz CT molecular complexity index is 670. The first-order valence-corrected chi connectivity index (χ1v) is 10.1. The van der Waals surface area contributed by atoms with E-state index in [-0.39, 0.29) is 11.3 Å². The van der Waals surface area contributed by atoms with E-state index >= 15 is 0 Å². The van der Waals surface area contributed by atoms with E-state index in [0.29, 0.717) is 18.7 Å². The summed E-state index contributed by atoms with van der Waals surface area (Å²) in [4.78, 5) is 29.1. The molecule has 2 heterocycles. The number of carbonyl (C=O) groups excluding carboxylic acids is 2. The molecule has 1 spiro atoms. The van der Waals surface area contributed by atoms with Crippen molar-refractivity contribution in [3.8, 4) is 0 Å². The molecule has 1 aromatic carbocycles. The van der Waals surface area contributed by atoms with Gasteiger partial charge in [0.2, 0.25) is 11.8 Å². The van der Waals surface area contributed by atoms with Crippen molar-refractivity contribution in [1.82, 2.24) is 9.80 Å². The Hall–Kier alpha value is -1.84. The molecule has 0 aromatic heterocycles. The van der Waals surface area contributed by atoms with Crippen molar-refractivity contribution < 1.29 is 9.59 Å². The second kappa shape index (κ2) is 7.05. The summed E-state index contributed by atoms with van der Waals surface area (Å²) in [5, 5.41) is 0. The maximum absolute atomic E-state index is 12.7. The zero-order valence-electron chi connectivity index (χ0n) is 15.9. The van der Waals surface area contributed by atoms with Crippen LogP contribution in [0.1, 0.15) is 49.7 Å². The van der Waals surface area contributed by atoms with Crippen LogP contribution in [0.15, 0.2) is 24.3 Å². The predicted octanol–water partition coefficient (Wildman–Crippen LogP) is 3.18. The lowest BCUT2D eigenvalue weighted by atomic mass is 9.72. The molecule has 4 heteroatoms. The van der Waals surface area contributed by atoms with Crippen LogP contribution in [-0.4, -0.2) is 47.8 Å². The number of likely N-dealkylation sites (tertiary alicyclic amines) is 2. The fraction of sp³-hybridized carbons (Fsp3) is 0.636. The van der Waals surface area contributed by atoms with E-state index in [1.807, 2.05) is 4.90 Å². The number of nitrogens with zero attached hydrogens (tertiary/aromatic N) is 2. The highest BCUT2D eigenvalue weighted by atomic mass is 16.2. The number of piperidine rings is 2. The van der Waals surface area contributed by atoms with Gasteiger partial charge in [-0.3, -0.25) is 9.59 Å². The van der Waals surface area contributed by atoms with Gasteiger partial charge in [0.05, 0.1) is 6.42 Å². The third-order valence-electron chi connectivity index (χ3n) is 6.58. The lowest BCUT2D eigenvalue weighted by Gasteiger charge is -2.47.